The van der Waals surface area contributed by atoms with E-state index >= 15 is 0 Å². The van der Waals surface area contributed by atoms with Gasteiger partial charge in [-0.25, -0.2) is 0 Å². The van der Waals surface area contributed by atoms with Gasteiger partial charge in [0.2, 0.25) is 6.79 Å². The van der Waals surface area contributed by atoms with Crippen molar-refractivity contribution >= 4 is 0 Å². The topological polar surface area (TPSA) is 39.7 Å². The smallest absolute Gasteiger partial charge is 0.231 e. The van der Waals surface area contributed by atoms with Gasteiger partial charge in [-0.05, 0) is 19.0 Å². The predicted molar refractivity (Wildman–Crippen MR) is 70.3 cm³/mol. The molecule has 1 aromatic carbocycles. The van der Waals surface area contributed by atoms with Crippen LogP contribution in [-0.4, -0.2) is 20.4 Å². The Kier molecular flexibility index (Phi) is 4.31. The second-order valence-electron chi connectivity index (χ2n) is 4.67. The first kappa shape index (κ1) is 13.0. The first-order valence-corrected chi connectivity index (χ1v) is 6.44. The Bertz CT molecular complexity index is 406. The van der Waals surface area contributed by atoms with Crippen molar-refractivity contribution in [1.82, 2.24) is 5.32 Å². The minimum atomic E-state index is 0.295. The zero-order chi connectivity index (χ0) is 13.0. The maximum Gasteiger partial charge on any atom is 0.231 e. The summed E-state index contributed by atoms with van der Waals surface area (Å²) in [4.78, 5) is 0. The van der Waals surface area contributed by atoms with Crippen LogP contribution < -0.4 is 19.5 Å². The third-order valence-corrected chi connectivity index (χ3v) is 3.14. The maximum absolute atomic E-state index is 5.89. The number of fused-ring (bicyclic) bond motifs is 1. The number of rotatable bonds is 6. The fraction of sp³-hybridized carbons (Fsp3) is 0.571. The van der Waals surface area contributed by atoms with Crippen LogP contribution in [0.1, 0.15) is 25.8 Å². The molecule has 4 heteroatoms. The van der Waals surface area contributed by atoms with Crippen LogP contribution in [0.25, 0.3) is 0 Å². The van der Waals surface area contributed by atoms with Crippen molar-refractivity contribution < 1.29 is 14.2 Å². The molecule has 0 amide bonds. The second kappa shape index (κ2) is 5.96. The van der Waals surface area contributed by atoms with Crippen molar-refractivity contribution in [3.63, 3.8) is 0 Å². The molecule has 1 N–H and O–H groups in total. The summed E-state index contributed by atoms with van der Waals surface area (Å²) in [5, 5.41) is 3.14. The van der Waals surface area contributed by atoms with E-state index in [1.807, 2.05) is 19.2 Å². The molecule has 0 aliphatic carbocycles. The van der Waals surface area contributed by atoms with Crippen molar-refractivity contribution in [3.05, 3.63) is 17.7 Å². The van der Waals surface area contributed by atoms with Crippen LogP contribution in [0.3, 0.4) is 0 Å². The zero-order valence-corrected chi connectivity index (χ0v) is 11.3. The van der Waals surface area contributed by atoms with E-state index in [1.54, 1.807) is 0 Å². The zero-order valence-electron chi connectivity index (χ0n) is 11.3. The third kappa shape index (κ3) is 2.88. The molecule has 0 aromatic heterocycles. The Hall–Kier alpha value is -1.42. The molecule has 0 saturated carbocycles. The highest BCUT2D eigenvalue weighted by Crippen LogP contribution is 2.38. The van der Waals surface area contributed by atoms with Gasteiger partial charge in [-0.3, -0.25) is 0 Å². The van der Waals surface area contributed by atoms with Crippen LogP contribution in [0.5, 0.6) is 17.2 Å². The Balaban J connectivity index is 2.15. The van der Waals surface area contributed by atoms with E-state index in [9.17, 15) is 0 Å². The van der Waals surface area contributed by atoms with E-state index in [-0.39, 0.29) is 0 Å². The van der Waals surface area contributed by atoms with Gasteiger partial charge in [0.1, 0.15) is 5.75 Å². The lowest BCUT2D eigenvalue weighted by molar-refractivity contribution is 0.173. The lowest BCUT2D eigenvalue weighted by atomic mass is 10.1. The van der Waals surface area contributed by atoms with E-state index < -0.39 is 0 Å². The first-order valence-electron chi connectivity index (χ1n) is 6.44. The number of hydrogen-bond acceptors (Lipinski definition) is 4. The van der Waals surface area contributed by atoms with Gasteiger partial charge in [-0.15, -0.1) is 0 Å². The van der Waals surface area contributed by atoms with Crippen molar-refractivity contribution in [3.8, 4) is 17.2 Å². The molecule has 0 fully saturated rings. The van der Waals surface area contributed by atoms with Gasteiger partial charge in [0, 0.05) is 18.2 Å². The molecule has 1 atom stereocenters. The molecular weight excluding hydrogens is 230 g/mol. The summed E-state index contributed by atoms with van der Waals surface area (Å²) < 4.78 is 16.7. The molecule has 1 unspecified atom stereocenters. The van der Waals surface area contributed by atoms with Crippen LogP contribution in [-0.2, 0) is 6.54 Å². The van der Waals surface area contributed by atoms with E-state index in [0.717, 1.165) is 42.4 Å². The third-order valence-electron chi connectivity index (χ3n) is 3.14. The lowest BCUT2D eigenvalue weighted by Gasteiger charge is -2.15. The fourth-order valence-corrected chi connectivity index (χ4v) is 1.78. The predicted octanol–water partition coefficient (Wildman–Crippen LogP) is 2.56. The molecule has 2 rings (SSSR count). The molecule has 18 heavy (non-hydrogen) atoms. The quantitative estimate of drug-likeness (QED) is 0.843. The van der Waals surface area contributed by atoms with Gasteiger partial charge in [-0.1, -0.05) is 20.3 Å². The molecule has 100 valence electrons. The van der Waals surface area contributed by atoms with Crippen LogP contribution in [0.4, 0.5) is 0 Å². The minimum absolute atomic E-state index is 0.295. The van der Waals surface area contributed by atoms with Gasteiger partial charge in [0.05, 0.1) is 6.61 Å². The molecule has 1 aliphatic heterocycles. The summed E-state index contributed by atoms with van der Waals surface area (Å²) in [5.41, 5.74) is 1.10. The highest BCUT2D eigenvalue weighted by molar-refractivity contribution is 5.51. The largest absolute Gasteiger partial charge is 0.493 e. The van der Waals surface area contributed by atoms with Gasteiger partial charge in [0.25, 0.3) is 0 Å². The number of nitrogens with one attached hydrogen (secondary N) is 1. The molecule has 1 heterocycles. The second-order valence-corrected chi connectivity index (χ2v) is 4.67. The molecule has 1 aromatic rings. The highest BCUT2D eigenvalue weighted by Gasteiger charge is 2.18. The number of benzene rings is 1. The summed E-state index contributed by atoms with van der Waals surface area (Å²) in [6, 6.07) is 3.92. The SMILES string of the molecule is CCC(C)COc1cc2c(cc1CNC)OCO2. The summed E-state index contributed by atoms with van der Waals surface area (Å²) >= 11 is 0. The Morgan fingerprint density at radius 1 is 1.33 bits per heavy atom. The van der Waals surface area contributed by atoms with Crippen LogP contribution in [0.2, 0.25) is 0 Å². The normalized spacial score (nSPS) is 14.6. The van der Waals surface area contributed by atoms with Gasteiger partial charge in [-0.2, -0.15) is 0 Å². The van der Waals surface area contributed by atoms with Crippen molar-refractivity contribution in [1.29, 1.82) is 0 Å². The lowest BCUT2D eigenvalue weighted by Crippen LogP contribution is -2.11. The fourth-order valence-electron chi connectivity index (χ4n) is 1.78. The molecule has 0 spiro atoms. The molecular formula is C14H21NO3. The molecule has 4 nitrogen and oxygen atoms in total. The maximum atomic E-state index is 5.89. The number of hydrogen-bond donors (Lipinski definition) is 1. The van der Waals surface area contributed by atoms with E-state index in [4.69, 9.17) is 14.2 Å². The van der Waals surface area contributed by atoms with Crippen LogP contribution in [0.15, 0.2) is 12.1 Å². The Morgan fingerprint density at radius 2 is 2.06 bits per heavy atom. The van der Waals surface area contributed by atoms with Gasteiger partial charge in [0.15, 0.2) is 11.5 Å². The average Bonchev–Trinajstić information content (AvgIpc) is 2.83. The Labute approximate surface area is 108 Å². The van der Waals surface area contributed by atoms with Crippen molar-refractivity contribution in [2.24, 2.45) is 5.92 Å². The summed E-state index contributed by atoms with van der Waals surface area (Å²) in [7, 11) is 1.92. The van der Waals surface area contributed by atoms with Crippen LogP contribution in [0, 0.1) is 5.92 Å². The molecule has 0 bridgehead atoms. The number of ether oxygens (including phenoxy) is 3. The highest BCUT2D eigenvalue weighted by atomic mass is 16.7. The molecule has 0 radical (unpaired) electrons. The van der Waals surface area contributed by atoms with Gasteiger partial charge < -0.3 is 19.5 Å². The Morgan fingerprint density at radius 3 is 2.72 bits per heavy atom. The van der Waals surface area contributed by atoms with Crippen LogP contribution >= 0.6 is 0 Å². The van der Waals surface area contributed by atoms with E-state index in [1.165, 1.54) is 0 Å². The van der Waals surface area contributed by atoms with Gasteiger partial charge >= 0.3 is 0 Å². The molecule has 0 saturated heterocycles. The van der Waals surface area contributed by atoms with E-state index in [2.05, 4.69) is 19.2 Å². The summed E-state index contributed by atoms with van der Waals surface area (Å²) in [6.45, 7) is 6.13. The monoisotopic (exact) mass is 251 g/mol. The van der Waals surface area contributed by atoms with E-state index in [0.29, 0.717) is 12.7 Å². The van der Waals surface area contributed by atoms with Crippen molar-refractivity contribution in [2.75, 3.05) is 20.4 Å². The summed E-state index contributed by atoms with van der Waals surface area (Å²) in [5.74, 6) is 3.01. The minimum Gasteiger partial charge on any atom is -0.493 e. The van der Waals surface area contributed by atoms with Crippen molar-refractivity contribution in [2.45, 2.75) is 26.8 Å². The first-order chi connectivity index (χ1) is 8.74. The molecule has 1 aliphatic rings. The average molecular weight is 251 g/mol. The standard InChI is InChI=1S/C14H21NO3/c1-4-10(2)8-16-12-6-14-13(17-9-18-14)5-11(12)7-15-3/h5-6,10,15H,4,7-9H2,1-3H3. The summed E-state index contributed by atoms with van der Waals surface area (Å²) in [6.07, 6.45) is 1.12.